The standard InChI is InChI=1S/C10H20N4O2S/c1-3-9(2)13-17(15,16)10-7-12-14(8-10)6-4-5-11/h7-9,13H,3-6,11H2,1-2H3. The van der Waals surface area contributed by atoms with Crippen molar-refractivity contribution in [2.75, 3.05) is 6.54 Å². The Morgan fingerprint density at radius 3 is 2.88 bits per heavy atom. The second-order valence-electron chi connectivity index (χ2n) is 4.01. The number of sulfonamides is 1. The average molecular weight is 260 g/mol. The molecule has 0 bridgehead atoms. The van der Waals surface area contributed by atoms with Crippen molar-refractivity contribution >= 4 is 10.0 Å². The van der Waals surface area contributed by atoms with E-state index in [1.165, 1.54) is 12.4 Å². The maximum atomic E-state index is 11.9. The van der Waals surface area contributed by atoms with Crippen LogP contribution in [0.3, 0.4) is 0 Å². The molecule has 0 aliphatic heterocycles. The molecule has 0 aliphatic carbocycles. The first-order valence-corrected chi connectivity index (χ1v) is 7.22. The van der Waals surface area contributed by atoms with Crippen molar-refractivity contribution in [3.8, 4) is 0 Å². The maximum Gasteiger partial charge on any atom is 0.243 e. The molecule has 1 rings (SSSR count). The SMILES string of the molecule is CCC(C)NS(=O)(=O)c1cnn(CCCN)c1. The van der Waals surface area contributed by atoms with Gasteiger partial charge in [-0.1, -0.05) is 6.92 Å². The highest BCUT2D eigenvalue weighted by Gasteiger charge is 2.18. The van der Waals surface area contributed by atoms with Gasteiger partial charge in [0.1, 0.15) is 4.90 Å². The smallest absolute Gasteiger partial charge is 0.243 e. The van der Waals surface area contributed by atoms with Gasteiger partial charge in [0.05, 0.1) is 6.20 Å². The third-order valence-corrected chi connectivity index (χ3v) is 4.02. The lowest BCUT2D eigenvalue weighted by Crippen LogP contribution is -2.31. The number of aryl methyl sites for hydroxylation is 1. The van der Waals surface area contributed by atoms with Crippen LogP contribution in [0.25, 0.3) is 0 Å². The van der Waals surface area contributed by atoms with E-state index in [0.717, 1.165) is 12.8 Å². The largest absolute Gasteiger partial charge is 0.330 e. The van der Waals surface area contributed by atoms with Gasteiger partial charge in [-0.25, -0.2) is 13.1 Å². The van der Waals surface area contributed by atoms with E-state index in [4.69, 9.17) is 5.73 Å². The Bertz CT molecular complexity index is 441. The van der Waals surface area contributed by atoms with Gasteiger partial charge in [0.15, 0.2) is 0 Å². The second kappa shape index (κ2) is 6.13. The lowest BCUT2D eigenvalue weighted by Gasteiger charge is -2.10. The summed E-state index contributed by atoms with van der Waals surface area (Å²) in [6.45, 7) is 4.96. The normalized spacial score (nSPS) is 13.8. The van der Waals surface area contributed by atoms with Gasteiger partial charge >= 0.3 is 0 Å². The van der Waals surface area contributed by atoms with Gasteiger partial charge in [0, 0.05) is 18.8 Å². The first-order chi connectivity index (χ1) is 7.99. The number of nitrogens with zero attached hydrogens (tertiary/aromatic N) is 2. The fraction of sp³-hybridized carbons (Fsp3) is 0.700. The fourth-order valence-corrected chi connectivity index (χ4v) is 2.55. The predicted molar refractivity (Wildman–Crippen MR) is 66.0 cm³/mol. The summed E-state index contributed by atoms with van der Waals surface area (Å²) in [5.74, 6) is 0. The van der Waals surface area contributed by atoms with Gasteiger partial charge in [-0.3, -0.25) is 4.68 Å². The van der Waals surface area contributed by atoms with Gasteiger partial charge in [0.2, 0.25) is 10.0 Å². The summed E-state index contributed by atoms with van der Waals surface area (Å²) in [7, 11) is -3.44. The van der Waals surface area contributed by atoms with E-state index in [1.54, 1.807) is 4.68 Å². The van der Waals surface area contributed by atoms with E-state index in [9.17, 15) is 8.42 Å². The van der Waals surface area contributed by atoms with Crippen molar-refractivity contribution < 1.29 is 8.42 Å². The lowest BCUT2D eigenvalue weighted by molar-refractivity contribution is 0.554. The monoisotopic (exact) mass is 260 g/mol. The number of aromatic nitrogens is 2. The molecule has 0 radical (unpaired) electrons. The highest BCUT2D eigenvalue weighted by atomic mass is 32.2. The van der Waals surface area contributed by atoms with Crippen molar-refractivity contribution in [1.29, 1.82) is 0 Å². The molecule has 3 N–H and O–H groups in total. The Hall–Kier alpha value is -0.920. The molecule has 1 aromatic rings. The highest BCUT2D eigenvalue weighted by Crippen LogP contribution is 2.08. The highest BCUT2D eigenvalue weighted by molar-refractivity contribution is 7.89. The van der Waals surface area contributed by atoms with Gasteiger partial charge in [-0.15, -0.1) is 0 Å². The Balaban J connectivity index is 2.74. The van der Waals surface area contributed by atoms with E-state index >= 15 is 0 Å². The Labute approximate surface area is 102 Å². The molecule has 0 amide bonds. The van der Waals surface area contributed by atoms with Crippen LogP contribution in [0, 0.1) is 0 Å². The molecular formula is C10H20N4O2S. The molecule has 1 unspecified atom stereocenters. The minimum absolute atomic E-state index is 0.0765. The minimum Gasteiger partial charge on any atom is -0.330 e. The van der Waals surface area contributed by atoms with E-state index in [0.29, 0.717) is 13.1 Å². The molecule has 0 spiro atoms. The summed E-state index contributed by atoms with van der Waals surface area (Å²) in [5, 5.41) is 4.00. The quantitative estimate of drug-likeness (QED) is 0.738. The number of hydrogen-bond acceptors (Lipinski definition) is 4. The molecule has 0 fully saturated rings. The predicted octanol–water partition coefficient (Wildman–Crippen LogP) is 0.309. The van der Waals surface area contributed by atoms with Crippen LogP contribution < -0.4 is 10.5 Å². The average Bonchev–Trinajstić information content (AvgIpc) is 2.75. The zero-order valence-electron chi connectivity index (χ0n) is 10.3. The molecule has 1 atom stereocenters. The first kappa shape index (κ1) is 14.1. The van der Waals surface area contributed by atoms with Crippen LogP contribution in [0.2, 0.25) is 0 Å². The van der Waals surface area contributed by atoms with Crippen LogP contribution in [0.5, 0.6) is 0 Å². The Morgan fingerprint density at radius 1 is 1.59 bits per heavy atom. The number of hydrogen-bond donors (Lipinski definition) is 2. The molecule has 17 heavy (non-hydrogen) atoms. The van der Waals surface area contributed by atoms with Crippen molar-refractivity contribution in [3.63, 3.8) is 0 Å². The zero-order chi connectivity index (χ0) is 12.9. The summed E-state index contributed by atoms with van der Waals surface area (Å²) >= 11 is 0. The Kier molecular flexibility index (Phi) is 5.10. The molecule has 1 aromatic heterocycles. The van der Waals surface area contributed by atoms with Crippen LogP contribution in [0.4, 0.5) is 0 Å². The van der Waals surface area contributed by atoms with Crippen LogP contribution in [-0.4, -0.2) is 30.8 Å². The molecule has 0 aliphatic rings. The molecule has 98 valence electrons. The number of nitrogens with two attached hydrogens (primary N) is 1. The topological polar surface area (TPSA) is 90.0 Å². The van der Waals surface area contributed by atoms with E-state index < -0.39 is 10.0 Å². The molecule has 7 heteroatoms. The molecular weight excluding hydrogens is 240 g/mol. The number of rotatable bonds is 7. The van der Waals surface area contributed by atoms with E-state index in [-0.39, 0.29) is 10.9 Å². The van der Waals surface area contributed by atoms with Gasteiger partial charge in [-0.05, 0) is 26.3 Å². The zero-order valence-corrected chi connectivity index (χ0v) is 11.1. The summed E-state index contributed by atoms with van der Waals surface area (Å²) < 4.78 is 28.0. The summed E-state index contributed by atoms with van der Waals surface area (Å²) in [6.07, 6.45) is 4.42. The van der Waals surface area contributed by atoms with Crippen LogP contribution in [0.15, 0.2) is 17.3 Å². The van der Waals surface area contributed by atoms with Gasteiger partial charge < -0.3 is 5.73 Å². The van der Waals surface area contributed by atoms with Crippen molar-refractivity contribution in [1.82, 2.24) is 14.5 Å². The summed E-state index contributed by atoms with van der Waals surface area (Å²) in [4.78, 5) is 0.204. The third kappa shape index (κ3) is 4.10. The number of nitrogens with one attached hydrogen (secondary N) is 1. The van der Waals surface area contributed by atoms with Crippen LogP contribution >= 0.6 is 0 Å². The van der Waals surface area contributed by atoms with Crippen LogP contribution in [-0.2, 0) is 16.6 Å². The maximum absolute atomic E-state index is 11.9. The first-order valence-electron chi connectivity index (χ1n) is 5.74. The van der Waals surface area contributed by atoms with E-state index in [2.05, 4.69) is 9.82 Å². The molecule has 6 nitrogen and oxygen atoms in total. The van der Waals surface area contributed by atoms with Crippen molar-refractivity contribution in [2.45, 2.75) is 44.2 Å². The van der Waals surface area contributed by atoms with Crippen molar-refractivity contribution in [3.05, 3.63) is 12.4 Å². The molecule has 1 heterocycles. The summed E-state index contributed by atoms with van der Waals surface area (Å²) in [5.41, 5.74) is 5.38. The van der Waals surface area contributed by atoms with Gasteiger partial charge in [-0.2, -0.15) is 5.10 Å². The summed E-state index contributed by atoms with van der Waals surface area (Å²) in [6, 6.07) is -0.0765. The van der Waals surface area contributed by atoms with Crippen molar-refractivity contribution in [2.24, 2.45) is 5.73 Å². The minimum atomic E-state index is -3.44. The van der Waals surface area contributed by atoms with Gasteiger partial charge in [0.25, 0.3) is 0 Å². The van der Waals surface area contributed by atoms with Crippen LogP contribution in [0.1, 0.15) is 26.7 Å². The molecule has 0 saturated heterocycles. The Morgan fingerprint density at radius 2 is 2.29 bits per heavy atom. The lowest BCUT2D eigenvalue weighted by atomic mass is 10.3. The molecule has 0 aromatic carbocycles. The molecule has 0 saturated carbocycles. The van der Waals surface area contributed by atoms with E-state index in [1.807, 2.05) is 13.8 Å². The third-order valence-electron chi connectivity index (χ3n) is 2.48. The fourth-order valence-electron chi connectivity index (χ4n) is 1.28. The second-order valence-corrected chi connectivity index (χ2v) is 5.73.